The summed E-state index contributed by atoms with van der Waals surface area (Å²) >= 11 is 8.12. The van der Waals surface area contributed by atoms with Crippen LogP contribution in [0.3, 0.4) is 0 Å². The zero-order valence-electron chi connectivity index (χ0n) is 11.7. The minimum absolute atomic E-state index is 0.165. The van der Waals surface area contributed by atoms with E-state index in [1.807, 2.05) is 16.0 Å². The number of hydrogen-bond donors (Lipinski definition) is 1. The van der Waals surface area contributed by atoms with Crippen LogP contribution in [0.15, 0.2) is 12.3 Å². The Hall–Kier alpha value is -0.840. The van der Waals surface area contributed by atoms with Gasteiger partial charge >= 0.3 is 0 Å². The Morgan fingerprint density at radius 1 is 1.40 bits per heavy atom. The van der Waals surface area contributed by atoms with Crippen LogP contribution in [0.25, 0.3) is 0 Å². The fourth-order valence-corrected chi connectivity index (χ4v) is 4.43. The molecule has 5 heteroatoms. The molecule has 0 saturated carbocycles. The number of nitrogens with zero attached hydrogens (tertiary/aromatic N) is 2. The molecule has 0 saturated heterocycles. The largest absolute Gasteiger partial charge is 0.318 e. The van der Waals surface area contributed by atoms with E-state index in [-0.39, 0.29) is 6.04 Å². The Bertz CT molecular complexity index is 579. The van der Waals surface area contributed by atoms with E-state index in [1.54, 1.807) is 6.20 Å². The average Bonchev–Trinajstić information content (AvgIpc) is 2.95. The number of hydrogen-bond acceptors (Lipinski definition) is 3. The van der Waals surface area contributed by atoms with Crippen LogP contribution >= 0.6 is 22.9 Å². The van der Waals surface area contributed by atoms with Gasteiger partial charge in [0.25, 0.3) is 0 Å². The Morgan fingerprint density at radius 3 is 3.00 bits per heavy atom. The van der Waals surface area contributed by atoms with Gasteiger partial charge in [-0.3, -0.25) is 4.68 Å². The molecule has 0 radical (unpaired) electrons. The van der Waals surface area contributed by atoms with Crippen molar-refractivity contribution in [3.8, 4) is 0 Å². The summed E-state index contributed by atoms with van der Waals surface area (Å²) < 4.78 is 1.90. The predicted molar refractivity (Wildman–Crippen MR) is 84.5 cm³/mol. The highest BCUT2D eigenvalue weighted by molar-refractivity contribution is 7.12. The van der Waals surface area contributed by atoms with Crippen molar-refractivity contribution in [1.29, 1.82) is 0 Å². The van der Waals surface area contributed by atoms with Crippen molar-refractivity contribution in [1.82, 2.24) is 9.78 Å². The van der Waals surface area contributed by atoms with E-state index < -0.39 is 0 Å². The first kappa shape index (κ1) is 14.1. The van der Waals surface area contributed by atoms with Crippen molar-refractivity contribution in [2.45, 2.75) is 51.6 Å². The molecule has 2 N–H and O–H groups in total. The lowest BCUT2D eigenvalue weighted by Crippen LogP contribution is -2.16. The maximum atomic E-state index is 6.45. The SMILES string of the molecule is CCn1ncc(Cl)c1C(N)c1cc2c(s1)CCCCC2. The van der Waals surface area contributed by atoms with Crippen LogP contribution in [0.2, 0.25) is 5.02 Å². The molecule has 2 heterocycles. The molecule has 108 valence electrons. The second-order valence-corrected chi connectivity index (χ2v) is 6.90. The minimum atomic E-state index is -0.165. The molecule has 20 heavy (non-hydrogen) atoms. The molecule has 2 aromatic rings. The van der Waals surface area contributed by atoms with E-state index in [1.165, 1.54) is 47.4 Å². The zero-order chi connectivity index (χ0) is 14.1. The summed E-state index contributed by atoms with van der Waals surface area (Å²) in [5.41, 5.74) is 8.89. The first-order chi connectivity index (χ1) is 9.70. The number of rotatable bonds is 3. The summed E-state index contributed by atoms with van der Waals surface area (Å²) in [5, 5.41) is 4.96. The number of thiophene rings is 1. The Kier molecular flexibility index (Phi) is 4.15. The highest BCUT2D eigenvalue weighted by atomic mass is 35.5. The molecule has 1 atom stereocenters. The molecule has 2 aromatic heterocycles. The lowest BCUT2D eigenvalue weighted by atomic mass is 10.1. The maximum Gasteiger partial charge on any atom is 0.0837 e. The molecule has 0 fully saturated rings. The fourth-order valence-electron chi connectivity index (χ4n) is 2.91. The van der Waals surface area contributed by atoms with Gasteiger partial charge in [-0.25, -0.2) is 0 Å². The van der Waals surface area contributed by atoms with Crippen molar-refractivity contribution in [3.05, 3.63) is 38.3 Å². The Labute approximate surface area is 128 Å². The van der Waals surface area contributed by atoms with Gasteiger partial charge in [0.15, 0.2) is 0 Å². The smallest absolute Gasteiger partial charge is 0.0837 e. The van der Waals surface area contributed by atoms with Crippen molar-refractivity contribution < 1.29 is 0 Å². The lowest BCUT2D eigenvalue weighted by molar-refractivity contribution is 0.603. The highest BCUT2D eigenvalue weighted by Crippen LogP contribution is 2.35. The van der Waals surface area contributed by atoms with Crippen LogP contribution in [0.5, 0.6) is 0 Å². The topological polar surface area (TPSA) is 43.8 Å². The highest BCUT2D eigenvalue weighted by Gasteiger charge is 2.22. The van der Waals surface area contributed by atoms with Crippen LogP contribution in [0.4, 0.5) is 0 Å². The predicted octanol–water partition coefficient (Wildman–Crippen LogP) is 3.93. The number of halogens is 1. The zero-order valence-corrected chi connectivity index (χ0v) is 13.3. The molecule has 3 rings (SSSR count). The monoisotopic (exact) mass is 309 g/mol. The summed E-state index contributed by atoms with van der Waals surface area (Å²) in [6, 6.07) is 2.13. The third-order valence-electron chi connectivity index (χ3n) is 4.00. The summed E-state index contributed by atoms with van der Waals surface area (Å²) in [6.45, 7) is 2.85. The van der Waals surface area contributed by atoms with Gasteiger partial charge in [0.05, 0.1) is 23.0 Å². The van der Waals surface area contributed by atoms with Gasteiger partial charge in [0, 0.05) is 16.3 Å². The van der Waals surface area contributed by atoms with E-state index in [4.69, 9.17) is 17.3 Å². The molecule has 0 bridgehead atoms. The van der Waals surface area contributed by atoms with Gasteiger partial charge in [0.2, 0.25) is 0 Å². The van der Waals surface area contributed by atoms with E-state index in [2.05, 4.69) is 18.1 Å². The second-order valence-electron chi connectivity index (χ2n) is 5.33. The molecule has 0 amide bonds. The summed E-state index contributed by atoms with van der Waals surface area (Å²) in [5.74, 6) is 0. The van der Waals surface area contributed by atoms with Gasteiger partial charge in [-0.1, -0.05) is 18.0 Å². The standard InChI is InChI=1S/C15H20ClN3S/c1-2-19-15(11(16)9-18-19)14(17)13-8-10-6-4-3-5-7-12(10)20-13/h8-9,14H,2-7,17H2,1H3. The first-order valence-corrected chi connectivity index (χ1v) is 8.48. The molecular weight excluding hydrogens is 290 g/mol. The van der Waals surface area contributed by atoms with E-state index in [0.717, 1.165) is 12.2 Å². The van der Waals surface area contributed by atoms with Gasteiger partial charge < -0.3 is 5.73 Å². The molecule has 0 aromatic carbocycles. The Balaban J connectivity index is 1.94. The summed E-state index contributed by atoms with van der Waals surface area (Å²) in [4.78, 5) is 2.74. The van der Waals surface area contributed by atoms with Crippen LogP contribution in [0.1, 0.15) is 53.2 Å². The van der Waals surface area contributed by atoms with E-state index >= 15 is 0 Å². The number of fused-ring (bicyclic) bond motifs is 1. The van der Waals surface area contributed by atoms with Crippen molar-refractivity contribution in [2.75, 3.05) is 0 Å². The summed E-state index contributed by atoms with van der Waals surface area (Å²) in [6.07, 6.45) is 8.03. The van der Waals surface area contributed by atoms with Crippen molar-refractivity contribution in [2.24, 2.45) is 5.73 Å². The third-order valence-corrected chi connectivity index (χ3v) is 5.61. The average molecular weight is 310 g/mol. The lowest BCUT2D eigenvalue weighted by Gasteiger charge is -2.12. The maximum absolute atomic E-state index is 6.45. The molecule has 1 aliphatic carbocycles. The third kappa shape index (κ3) is 2.52. The van der Waals surface area contributed by atoms with Crippen molar-refractivity contribution >= 4 is 22.9 Å². The number of nitrogens with two attached hydrogens (primary N) is 1. The summed E-state index contributed by atoms with van der Waals surface area (Å²) in [7, 11) is 0. The van der Waals surface area contributed by atoms with E-state index in [9.17, 15) is 0 Å². The van der Waals surface area contributed by atoms with Crippen LogP contribution in [-0.4, -0.2) is 9.78 Å². The van der Waals surface area contributed by atoms with Crippen LogP contribution < -0.4 is 5.73 Å². The fraction of sp³-hybridized carbons (Fsp3) is 0.533. The van der Waals surface area contributed by atoms with Gasteiger partial charge in [0.1, 0.15) is 0 Å². The van der Waals surface area contributed by atoms with Crippen molar-refractivity contribution in [3.63, 3.8) is 0 Å². The molecule has 1 aliphatic rings. The quantitative estimate of drug-likeness (QED) is 0.873. The normalized spacial score (nSPS) is 16.8. The Morgan fingerprint density at radius 2 is 2.20 bits per heavy atom. The minimum Gasteiger partial charge on any atom is -0.318 e. The van der Waals surface area contributed by atoms with Gasteiger partial charge in [-0.05, 0) is 44.2 Å². The molecule has 3 nitrogen and oxygen atoms in total. The van der Waals surface area contributed by atoms with Crippen LogP contribution in [0, 0.1) is 0 Å². The van der Waals surface area contributed by atoms with Gasteiger partial charge in [-0.15, -0.1) is 11.3 Å². The molecule has 1 unspecified atom stereocenters. The number of aryl methyl sites for hydroxylation is 3. The molecule has 0 aliphatic heterocycles. The molecular formula is C15H20ClN3S. The number of aromatic nitrogens is 2. The van der Waals surface area contributed by atoms with Crippen LogP contribution in [-0.2, 0) is 19.4 Å². The second kappa shape index (κ2) is 5.88. The molecule has 0 spiro atoms. The van der Waals surface area contributed by atoms with E-state index in [0.29, 0.717) is 5.02 Å². The first-order valence-electron chi connectivity index (χ1n) is 7.29. The van der Waals surface area contributed by atoms with Gasteiger partial charge in [-0.2, -0.15) is 5.10 Å².